The molecule has 0 aliphatic carbocycles. The Kier molecular flexibility index (Phi) is 8.77. The monoisotopic (exact) mass is 376 g/mol. The number of halogens is 2. The van der Waals surface area contributed by atoms with Crippen molar-refractivity contribution in [2.24, 2.45) is 4.99 Å². The molecule has 2 N–H and O–H groups in total. The first-order valence-corrected chi connectivity index (χ1v) is 10.0. The number of benzene rings is 1. The van der Waals surface area contributed by atoms with Crippen LogP contribution < -0.4 is 10.6 Å². The zero-order valence-electron chi connectivity index (χ0n) is 14.8. The highest BCUT2D eigenvalue weighted by atomic mass is 32.2. The Labute approximate surface area is 148 Å². The molecule has 142 valence electrons. The third-order valence-electron chi connectivity index (χ3n) is 3.46. The van der Waals surface area contributed by atoms with Crippen LogP contribution in [0, 0.1) is 11.6 Å². The van der Waals surface area contributed by atoms with Crippen molar-refractivity contribution in [1.82, 2.24) is 14.9 Å². The van der Waals surface area contributed by atoms with Crippen LogP contribution in [0.5, 0.6) is 0 Å². The molecule has 0 unspecified atom stereocenters. The highest BCUT2D eigenvalue weighted by molar-refractivity contribution is 7.88. The second-order valence-corrected chi connectivity index (χ2v) is 7.45. The maximum Gasteiger partial charge on any atom is 0.211 e. The van der Waals surface area contributed by atoms with Gasteiger partial charge in [-0.25, -0.2) is 26.5 Å². The highest BCUT2D eigenvalue weighted by Crippen LogP contribution is 2.10. The normalized spacial score (nSPS) is 12.5. The molecule has 0 saturated heterocycles. The van der Waals surface area contributed by atoms with E-state index in [1.807, 2.05) is 6.92 Å². The molecule has 0 atom stereocenters. The van der Waals surface area contributed by atoms with Gasteiger partial charge in [-0.05, 0) is 31.5 Å². The van der Waals surface area contributed by atoms with E-state index >= 15 is 0 Å². The van der Waals surface area contributed by atoms with Gasteiger partial charge in [0, 0.05) is 31.7 Å². The smallest absolute Gasteiger partial charge is 0.211 e. The van der Waals surface area contributed by atoms with E-state index in [0.29, 0.717) is 38.6 Å². The minimum atomic E-state index is -3.20. The summed E-state index contributed by atoms with van der Waals surface area (Å²) in [5, 5.41) is 6.07. The van der Waals surface area contributed by atoms with Crippen LogP contribution in [0.25, 0.3) is 0 Å². The zero-order valence-corrected chi connectivity index (χ0v) is 15.7. The fourth-order valence-electron chi connectivity index (χ4n) is 2.19. The molecule has 6 nitrogen and oxygen atoms in total. The van der Waals surface area contributed by atoms with Crippen molar-refractivity contribution < 1.29 is 17.2 Å². The van der Waals surface area contributed by atoms with Crippen LogP contribution in [0.15, 0.2) is 23.2 Å². The minimum Gasteiger partial charge on any atom is -0.357 e. The number of nitrogens with zero attached hydrogens (tertiary/aromatic N) is 2. The van der Waals surface area contributed by atoms with Crippen LogP contribution >= 0.6 is 0 Å². The first kappa shape index (κ1) is 21.3. The van der Waals surface area contributed by atoms with Gasteiger partial charge in [0.1, 0.15) is 11.6 Å². The number of hydrogen-bond acceptors (Lipinski definition) is 3. The van der Waals surface area contributed by atoms with Crippen LogP contribution in [0.2, 0.25) is 0 Å². The van der Waals surface area contributed by atoms with Gasteiger partial charge < -0.3 is 10.6 Å². The van der Waals surface area contributed by atoms with Gasteiger partial charge in [-0.1, -0.05) is 6.92 Å². The third-order valence-corrected chi connectivity index (χ3v) is 4.84. The van der Waals surface area contributed by atoms with Crippen LogP contribution in [-0.2, 0) is 16.6 Å². The summed E-state index contributed by atoms with van der Waals surface area (Å²) >= 11 is 0. The molecule has 0 heterocycles. The Morgan fingerprint density at radius 1 is 1.24 bits per heavy atom. The lowest BCUT2D eigenvalue weighted by Crippen LogP contribution is -2.39. The van der Waals surface area contributed by atoms with E-state index in [-0.39, 0.29) is 12.1 Å². The topological polar surface area (TPSA) is 73.8 Å². The summed E-state index contributed by atoms with van der Waals surface area (Å²) in [5.74, 6) is -0.550. The molecule has 25 heavy (non-hydrogen) atoms. The second-order valence-electron chi connectivity index (χ2n) is 5.47. The SMILES string of the molecule is CCNC(=NCc1cc(F)ccc1F)NCCCN(CC)S(C)(=O)=O. The zero-order chi connectivity index (χ0) is 18.9. The summed E-state index contributed by atoms with van der Waals surface area (Å²) in [5.41, 5.74) is 0.173. The molecule has 0 amide bonds. The van der Waals surface area contributed by atoms with Gasteiger partial charge in [0.05, 0.1) is 12.8 Å². The predicted molar refractivity (Wildman–Crippen MR) is 95.9 cm³/mol. The molecule has 0 aliphatic rings. The average molecular weight is 376 g/mol. The average Bonchev–Trinajstić information content (AvgIpc) is 2.54. The van der Waals surface area contributed by atoms with E-state index < -0.39 is 21.7 Å². The fourth-order valence-corrected chi connectivity index (χ4v) is 3.12. The summed E-state index contributed by atoms with van der Waals surface area (Å²) in [6.45, 7) is 5.62. The first-order chi connectivity index (χ1) is 11.8. The van der Waals surface area contributed by atoms with Gasteiger partial charge in [-0.15, -0.1) is 0 Å². The standard InChI is InChI=1S/C16H26F2N4O2S/c1-4-19-16(20-9-6-10-22(5-2)25(3,23)24)21-12-13-11-14(17)7-8-15(13)18/h7-8,11H,4-6,9-10,12H2,1-3H3,(H2,19,20,21). The maximum atomic E-state index is 13.6. The molecule has 1 aromatic carbocycles. The van der Waals surface area contributed by atoms with Crippen LogP contribution in [0.4, 0.5) is 8.78 Å². The van der Waals surface area contributed by atoms with Crippen molar-refractivity contribution in [3.05, 3.63) is 35.4 Å². The van der Waals surface area contributed by atoms with E-state index in [0.717, 1.165) is 18.2 Å². The van der Waals surface area contributed by atoms with Gasteiger partial charge in [0.25, 0.3) is 0 Å². The quantitative estimate of drug-likeness (QED) is 0.391. The Morgan fingerprint density at radius 2 is 1.96 bits per heavy atom. The van der Waals surface area contributed by atoms with Crippen molar-refractivity contribution in [2.75, 3.05) is 32.4 Å². The molecule has 1 aromatic rings. The highest BCUT2D eigenvalue weighted by Gasteiger charge is 2.13. The molecule has 0 aliphatic heterocycles. The molecule has 0 radical (unpaired) electrons. The van der Waals surface area contributed by atoms with Gasteiger partial charge in [-0.3, -0.25) is 0 Å². The summed E-state index contributed by atoms with van der Waals surface area (Å²) in [4.78, 5) is 4.23. The number of guanidine groups is 1. The van der Waals surface area contributed by atoms with Crippen molar-refractivity contribution in [3.8, 4) is 0 Å². The molecule has 0 bridgehead atoms. The number of nitrogens with one attached hydrogen (secondary N) is 2. The maximum absolute atomic E-state index is 13.6. The van der Waals surface area contributed by atoms with Crippen molar-refractivity contribution in [2.45, 2.75) is 26.8 Å². The Balaban J connectivity index is 2.57. The van der Waals surface area contributed by atoms with Crippen molar-refractivity contribution >= 4 is 16.0 Å². The molecule has 0 spiro atoms. The molecule has 9 heteroatoms. The fraction of sp³-hybridized carbons (Fsp3) is 0.562. The number of hydrogen-bond donors (Lipinski definition) is 2. The molecular formula is C16H26F2N4O2S. The molecule has 0 fully saturated rings. The van der Waals surface area contributed by atoms with Crippen LogP contribution in [0.3, 0.4) is 0 Å². The van der Waals surface area contributed by atoms with E-state index in [9.17, 15) is 17.2 Å². The van der Waals surface area contributed by atoms with Crippen molar-refractivity contribution in [1.29, 1.82) is 0 Å². The minimum absolute atomic E-state index is 0.00332. The first-order valence-electron chi connectivity index (χ1n) is 8.19. The van der Waals surface area contributed by atoms with Crippen LogP contribution in [-0.4, -0.2) is 51.1 Å². The molecule has 0 aromatic heterocycles. The van der Waals surface area contributed by atoms with E-state index in [1.165, 1.54) is 10.6 Å². The predicted octanol–water partition coefficient (Wildman–Crippen LogP) is 1.69. The van der Waals surface area contributed by atoms with E-state index in [4.69, 9.17) is 0 Å². The van der Waals surface area contributed by atoms with Gasteiger partial charge in [-0.2, -0.15) is 0 Å². The summed E-state index contributed by atoms with van der Waals surface area (Å²) in [6.07, 6.45) is 1.78. The van der Waals surface area contributed by atoms with Gasteiger partial charge in [0.2, 0.25) is 10.0 Å². The lowest BCUT2D eigenvalue weighted by atomic mass is 10.2. The number of rotatable bonds is 9. The third kappa shape index (κ3) is 7.78. The van der Waals surface area contributed by atoms with Gasteiger partial charge in [0.15, 0.2) is 5.96 Å². The largest absolute Gasteiger partial charge is 0.357 e. The van der Waals surface area contributed by atoms with Gasteiger partial charge >= 0.3 is 0 Å². The van der Waals surface area contributed by atoms with Crippen LogP contribution in [0.1, 0.15) is 25.8 Å². The summed E-state index contributed by atoms with van der Waals surface area (Å²) in [7, 11) is -3.20. The van der Waals surface area contributed by atoms with Crippen molar-refractivity contribution in [3.63, 3.8) is 0 Å². The van der Waals surface area contributed by atoms with E-state index in [1.54, 1.807) is 6.92 Å². The summed E-state index contributed by atoms with van der Waals surface area (Å²) in [6, 6.07) is 3.26. The Bertz CT molecular complexity index is 681. The second kappa shape index (κ2) is 10.3. The lowest BCUT2D eigenvalue weighted by molar-refractivity contribution is 0.424. The Morgan fingerprint density at radius 3 is 2.56 bits per heavy atom. The molecular weight excluding hydrogens is 350 g/mol. The summed E-state index contributed by atoms with van der Waals surface area (Å²) < 4.78 is 51.2. The Hall–Kier alpha value is -1.74. The molecule has 0 saturated carbocycles. The lowest BCUT2D eigenvalue weighted by Gasteiger charge is -2.18. The number of aliphatic imine (C=N–C) groups is 1. The van der Waals surface area contributed by atoms with E-state index in [2.05, 4.69) is 15.6 Å². The molecule has 1 rings (SSSR count). The number of sulfonamides is 1.